The van der Waals surface area contributed by atoms with Crippen LogP contribution in [0.3, 0.4) is 0 Å². The number of H-pyrrole nitrogens is 1. The minimum Gasteiger partial charge on any atom is -0.338 e. The molecule has 0 saturated heterocycles. The van der Waals surface area contributed by atoms with Gasteiger partial charge < -0.3 is 4.90 Å². The first kappa shape index (κ1) is 24.0. The molecule has 4 aromatic rings. The Bertz CT molecular complexity index is 1250. The van der Waals surface area contributed by atoms with Gasteiger partial charge in [0, 0.05) is 31.1 Å². The highest BCUT2D eigenvalue weighted by molar-refractivity contribution is 7.16. The van der Waals surface area contributed by atoms with Crippen molar-refractivity contribution in [2.45, 2.75) is 40.5 Å². The van der Waals surface area contributed by atoms with E-state index in [9.17, 15) is 4.79 Å². The number of nitrogens with one attached hydrogen (secondary N) is 1. The third-order valence-corrected chi connectivity index (χ3v) is 6.38. The normalized spacial score (nSPS) is 11.5. The van der Waals surface area contributed by atoms with Gasteiger partial charge in [-0.05, 0) is 47.2 Å². The zero-order valence-corrected chi connectivity index (χ0v) is 21.2. The summed E-state index contributed by atoms with van der Waals surface area (Å²) < 4.78 is 1.20. The Labute approximate surface area is 205 Å². The number of amides is 1. The number of carbonyl (C=O) groups excluding carboxylic acids is 1. The lowest BCUT2D eigenvalue weighted by Crippen LogP contribution is -2.37. The molecule has 0 spiro atoms. The SMILES string of the molecule is CC(C)CN(CC(C)C)C(=O)c1cccc(Cc2nc(Cc3ccc4ncsc4c3)cc[nH+]2)c1. The molecule has 1 N–H and O–H groups in total. The molecule has 0 unspecified atom stereocenters. The first-order valence-corrected chi connectivity index (χ1v) is 12.8. The van der Waals surface area contributed by atoms with Crippen LogP contribution in [0.1, 0.15) is 60.7 Å². The largest absolute Gasteiger partial charge is 0.338 e. The zero-order valence-electron chi connectivity index (χ0n) is 20.4. The van der Waals surface area contributed by atoms with Gasteiger partial charge in [0.15, 0.2) is 5.69 Å². The van der Waals surface area contributed by atoms with Gasteiger partial charge in [-0.1, -0.05) is 50.9 Å². The van der Waals surface area contributed by atoms with E-state index in [0.717, 1.165) is 47.7 Å². The molecule has 0 saturated carbocycles. The van der Waals surface area contributed by atoms with Crippen molar-refractivity contribution in [1.82, 2.24) is 14.9 Å². The summed E-state index contributed by atoms with van der Waals surface area (Å²) in [7, 11) is 0. The predicted molar refractivity (Wildman–Crippen MR) is 138 cm³/mol. The lowest BCUT2D eigenvalue weighted by molar-refractivity contribution is -0.394. The molecule has 0 aliphatic carbocycles. The number of hydrogen-bond donors (Lipinski definition) is 0. The summed E-state index contributed by atoms with van der Waals surface area (Å²) in [4.78, 5) is 27.7. The van der Waals surface area contributed by atoms with Crippen LogP contribution >= 0.6 is 11.3 Å². The summed E-state index contributed by atoms with van der Waals surface area (Å²) in [6, 6.07) is 16.4. The van der Waals surface area contributed by atoms with Gasteiger partial charge in [-0.3, -0.25) is 4.79 Å². The average molecular weight is 474 g/mol. The highest BCUT2D eigenvalue weighted by Gasteiger charge is 2.19. The number of benzene rings is 2. The maximum Gasteiger partial charge on any atom is 0.300 e. The summed E-state index contributed by atoms with van der Waals surface area (Å²) in [6.07, 6.45) is 3.37. The van der Waals surface area contributed by atoms with Crippen molar-refractivity contribution in [2.75, 3.05) is 13.1 Å². The summed E-state index contributed by atoms with van der Waals surface area (Å²) >= 11 is 1.66. The fourth-order valence-corrected chi connectivity index (χ4v) is 4.94. The Morgan fingerprint density at radius 2 is 1.74 bits per heavy atom. The highest BCUT2D eigenvalue weighted by atomic mass is 32.1. The van der Waals surface area contributed by atoms with Crippen molar-refractivity contribution in [3.05, 3.63) is 88.4 Å². The minimum absolute atomic E-state index is 0.105. The quantitative estimate of drug-likeness (QED) is 0.325. The molecule has 0 atom stereocenters. The number of fused-ring (bicyclic) bond motifs is 1. The molecule has 0 radical (unpaired) electrons. The number of aromatic nitrogens is 3. The Morgan fingerprint density at radius 3 is 2.50 bits per heavy atom. The number of nitrogens with zero attached hydrogens (tertiary/aromatic N) is 3. The predicted octanol–water partition coefficient (Wildman–Crippen LogP) is 5.44. The molecule has 6 heteroatoms. The Balaban J connectivity index is 1.48. The van der Waals surface area contributed by atoms with E-state index in [1.165, 1.54) is 10.3 Å². The van der Waals surface area contributed by atoms with Crippen LogP contribution in [0, 0.1) is 11.8 Å². The van der Waals surface area contributed by atoms with Crippen LogP contribution in [-0.2, 0) is 12.8 Å². The molecular weight excluding hydrogens is 440 g/mol. The lowest BCUT2D eigenvalue weighted by Gasteiger charge is -2.26. The fraction of sp³-hybridized carbons (Fsp3) is 0.357. The van der Waals surface area contributed by atoms with Gasteiger partial charge in [-0.15, -0.1) is 11.3 Å². The molecule has 2 heterocycles. The standard InChI is InChI=1S/C28H32N4OS/c1-19(2)16-32(17-20(3)4)28(33)23-7-5-6-21(12-23)15-27-29-11-10-24(31-27)13-22-8-9-25-26(14-22)34-18-30-25/h5-12,14,18-20H,13,15-17H2,1-4H3/p+1. The van der Waals surface area contributed by atoms with E-state index >= 15 is 0 Å². The molecule has 2 aromatic heterocycles. The Kier molecular flexibility index (Phi) is 7.68. The van der Waals surface area contributed by atoms with Crippen LogP contribution in [0.15, 0.2) is 60.2 Å². The van der Waals surface area contributed by atoms with E-state index in [4.69, 9.17) is 4.98 Å². The second-order valence-electron chi connectivity index (χ2n) is 9.73. The Hall–Kier alpha value is -3.12. The first-order chi connectivity index (χ1) is 16.4. The van der Waals surface area contributed by atoms with Gasteiger partial charge in [0.25, 0.3) is 5.91 Å². The van der Waals surface area contributed by atoms with Crippen molar-refractivity contribution in [1.29, 1.82) is 0 Å². The molecule has 2 aromatic carbocycles. The molecular formula is C28H33N4OS+. The molecule has 4 rings (SSSR count). The van der Waals surface area contributed by atoms with Gasteiger partial charge >= 0.3 is 5.82 Å². The van der Waals surface area contributed by atoms with E-state index in [-0.39, 0.29) is 5.91 Å². The average Bonchev–Trinajstić information content (AvgIpc) is 3.26. The maximum absolute atomic E-state index is 13.3. The van der Waals surface area contributed by atoms with Crippen LogP contribution < -0.4 is 4.98 Å². The molecule has 0 aliphatic heterocycles. The number of rotatable bonds is 9. The number of hydrogen-bond acceptors (Lipinski definition) is 4. The number of thiazole rings is 1. The van der Waals surface area contributed by atoms with Gasteiger partial charge in [0.1, 0.15) is 0 Å². The van der Waals surface area contributed by atoms with Crippen molar-refractivity contribution >= 4 is 27.5 Å². The minimum atomic E-state index is 0.105. The van der Waals surface area contributed by atoms with Gasteiger partial charge in [0.05, 0.1) is 28.3 Å². The van der Waals surface area contributed by atoms with Crippen molar-refractivity contribution in [3.63, 3.8) is 0 Å². The molecule has 5 nitrogen and oxygen atoms in total. The first-order valence-electron chi connectivity index (χ1n) is 11.9. The molecule has 0 bridgehead atoms. The summed E-state index contributed by atoms with van der Waals surface area (Å²) in [5.74, 6) is 1.86. The van der Waals surface area contributed by atoms with E-state index in [1.54, 1.807) is 11.3 Å². The van der Waals surface area contributed by atoms with Crippen LogP contribution in [0.2, 0.25) is 0 Å². The van der Waals surface area contributed by atoms with Crippen molar-refractivity contribution < 1.29 is 9.78 Å². The van der Waals surface area contributed by atoms with Crippen LogP contribution in [0.5, 0.6) is 0 Å². The monoisotopic (exact) mass is 473 g/mol. The summed E-state index contributed by atoms with van der Waals surface area (Å²) in [5.41, 5.74) is 6.99. The van der Waals surface area contributed by atoms with Gasteiger partial charge in [-0.25, -0.2) is 9.97 Å². The summed E-state index contributed by atoms with van der Waals surface area (Å²) in [5, 5.41) is 0. The van der Waals surface area contributed by atoms with Crippen molar-refractivity contribution in [3.8, 4) is 0 Å². The van der Waals surface area contributed by atoms with Gasteiger partial charge in [-0.2, -0.15) is 0 Å². The second kappa shape index (κ2) is 10.9. The van der Waals surface area contributed by atoms with E-state index in [1.807, 2.05) is 40.9 Å². The molecule has 0 aliphatic rings. The smallest absolute Gasteiger partial charge is 0.300 e. The van der Waals surface area contributed by atoms with E-state index in [0.29, 0.717) is 18.3 Å². The molecule has 0 fully saturated rings. The third-order valence-electron chi connectivity index (χ3n) is 5.59. The van der Waals surface area contributed by atoms with Crippen LogP contribution in [0.4, 0.5) is 0 Å². The number of aromatic amines is 1. The van der Waals surface area contributed by atoms with Gasteiger partial charge in [0.2, 0.25) is 0 Å². The lowest BCUT2D eigenvalue weighted by atomic mass is 10.0. The molecule has 34 heavy (non-hydrogen) atoms. The highest BCUT2D eigenvalue weighted by Crippen LogP contribution is 2.20. The Morgan fingerprint density at radius 1 is 0.971 bits per heavy atom. The van der Waals surface area contributed by atoms with E-state index < -0.39 is 0 Å². The van der Waals surface area contributed by atoms with Crippen LogP contribution in [0.25, 0.3) is 10.2 Å². The molecule has 1 amide bonds. The number of carbonyl (C=O) groups is 1. The second-order valence-corrected chi connectivity index (χ2v) is 10.6. The van der Waals surface area contributed by atoms with E-state index in [2.05, 4.69) is 61.9 Å². The molecule has 176 valence electrons. The zero-order chi connectivity index (χ0) is 24.1. The fourth-order valence-electron chi connectivity index (χ4n) is 4.20. The third kappa shape index (κ3) is 6.26. The van der Waals surface area contributed by atoms with Crippen molar-refractivity contribution in [2.24, 2.45) is 11.8 Å². The summed E-state index contributed by atoms with van der Waals surface area (Å²) in [6.45, 7) is 10.2. The maximum atomic E-state index is 13.3. The topological polar surface area (TPSA) is 60.2 Å². The van der Waals surface area contributed by atoms with Crippen LogP contribution in [-0.4, -0.2) is 33.9 Å².